The predicted octanol–water partition coefficient (Wildman–Crippen LogP) is 4.48. The van der Waals surface area contributed by atoms with Crippen molar-refractivity contribution in [2.75, 3.05) is 25.5 Å². The average molecular weight is 349 g/mol. The van der Waals surface area contributed by atoms with Crippen LogP contribution in [-0.2, 0) is 0 Å². The number of likely N-dealkylation sites (tertiary alicyclic amines) is 1. The van der Waals surface area contributed by atoms with E-state index in [1.54, 1.807) is 0 Å². The Morgan fingerprint density at radius 1 is 1.38 bits per heavy atom. The number of nitrogens with zero attached hydrogens (tertiary/aromatic N) is 2. The fraction of sp³-hybridized carbons (Fsp3) is 0.444. The van der Waals surface area contributed by atoms with Crippen molar-refractivity contribution < 1.29 is 0 Å². The second kappa shape index (κ2) is 7.81. The van der Waals surface area contributed by atoms with Crippen molar-refractivity contribution in [1.29, 1.82) is 0 Å². The van der Waals surface area contributed by atoms with Gasteiger partial charge in [0.2, 0.25) is 0 Å². The molecule has 1 heterocycles. The third kappa shape index (κ3) is 4.21. The third-order valence-electron chi connectivity index (χ3n) is 4.33. The van der Waals surface area contributed by atoms with Gasteiger partial charge < -0.3 is 4.90 Å². The smallest absolute Gasteiger partial charge is 0.0510 e. The highest BCUT2D eigenvalue weighted by Crippen LogP contribution is 2.26. The molecule has 21 heavy (non-hydrogen) atoms. The van der Waals surface area contributed by atoms with Gasteiger partial charge in [0.15, 0.2) is 0 Å². The van der Waals surface area contributed by atoms with Gasteiger partial charge in [-0.15, -0.1) is 6.58 Å². The molecule has 2 rings (SSSR count). The maximum absolute atomic E-state index is 3.86. The molecule has 1 aromatic rings. The Labute approximate surface area is 137 Å². The summed E-state index contributed by atoms with van der Waals surface area (Å²) >= 11 is 3.61. The molecule has 0 amide bonds. The van der Waals surface area contributed by atoms with Crippen LogP contribution in [0.3, 0.4) is 0 Å². The molecule has 2 nitrogen and oxygen atoms in total. The molecule has 1 fully saturated rings. The molecule has 1 aliphatic rings. The lowest BCUT2D eigenvalue weighted by atomic mass is 10.1. The minimum atomic E-state index is 0.572. The minimum Gasteiger partial charge on any atom is -0.370 e. The van der Waals surface area contributed by atoms with Crippen LogP contribution in [0.5, 0.6) is 0 Å². The molecule has 2 atom stereocenters. The Morgan fingerprint density at radius 3 is 2.86 bits per heavy atom. The van der Waals surface area contributed by atoms with E-state index >= 15 is 0 Å². The summed E-state index contributed by atoms with van der Waals surface area (Å²) in [5.41, 5.74) is 1.23. The maximum atomic E-state index is 3.86. The zero-order valence-electron chi connectivity index (χ0n) is 13.0. The van der Waals surface area contributed by atoms with Crippen LogP contribution in [0.2, 0.25) is 0 Å². The first-order valence-corrected chi connectivity index (χ1v) is 8.38. The van der Waals surface area contributed by atoms with E-state index < -0.39 is 0 Å². The van der Waals surface area contributed by atoms with Crippen LogP contribution in [0.15, 0.2) is 53.5 Å². The topological polar surface area (TPSA) is 6.48 Å². The average Bonchev–Trinajstić information content (AvgIpc) is 2.81. The molecule has 0 aromatic heterocycles. The Bertz CT molecular complexity index is 498. The van der Waals surface area contributed by atoms with Gasteiger partial charge in [-0.2, -0.15) is 0 Å². The van der Waals surface area contributed by atoms with Gasteiger partial charge in [0.25, 0.3) is 0 Å². The van der Waals surface area contributed by atoms with Crippen LogP contribution >= 0.6 is 15.9 Å². The molecule has 0 bridgehead atoms. The number of hydrogen-bond donors (Lipinski definition) is 0. The highest BCUT2D eigenvalue weighted by Gasteiger charge is 2.27. The lowest BCUT2D eigenvalue weighted by Gasteiger charge is -2.23. The number of likely N-dealkylation sites (N-methyl/N-ethyl adjacent to an activating group) is 2. The Kier molecular flexibility index (Phi) is 6.07. The fourth-order valence-corrected chi connectivity index (χ4v) is 3.57. The Balaban J connectivity index is 1.88. The molecule has 0 spiro atoms. The summed E-state index contributed by atoms with van der Waals surface area (Å²) in [5, 5.41) is 0. The molecular weight excluding hydrogens is 324 g/mol. The third-order valence-corrected chi connectivity index (χ3v) is 5.01. The van der Waals surface area contributed by atoms with Crippen LogP contribution in [0, 0.1) is 0 Å². The molecule has 3 heteroatoms. The summed E-state index contributed by atoms with van der Waals surface area (Å²) in [5.74, 6) is 0. The Hall–Kier alpha value is -1.06. The number of hydrogen-bond acceptors (Lipinski definition) is 2. The summed E-state index contributed by atoms with van der Waals surface area (Å²) < 4.78 is 1.14. The molecule has 114 valence electrons. The normalized spacial score (nSPS) is 22.8. The van der Waals surface area contributed by atoms with E-state index in [9.17, 15) is 0 Å². The number of halogens is 1. The Morgan fingerprint density at radius 2 is 2.14 bits per heavy atom. The van der Waals surface area contributed by atoms with E-state index in [-0.39, 0.29) is 0 Å². The van der Waals surface area contributed by atoms with Crippen molar-refractivity contribution in [2.24, 2.45) is 0 Å². The fourth-order valence-electron chi connectivity index (χ4n) is 2.99. The quantitative estimate of drug-likeness (QED) is 0.699. The number of para-hydroxylation sites is 1. The molecule has 0 N–H and O–H groups in total. The van der Waals surface area contributed by atoms with Gasteiger partial charge in [-0.1, -0.05) is 30.4 Å². The second-order valence-electron chi connectivity index (χ2n) is 5.75. The van der Waals surface area contributed by atoms with E-state index in [1.165, 1.54) is 18.5 Å². The van der Waals surface area contributed by atoms with E-state index in [4.69, 9.17) is 0 Å². The van der Waals surface area contributed by atoms with Crippen molar-refractivity contribution >= 4 is 21.6 Å². The zero-order valence-corrected chi connectivity index (χ0v) is 14.6. The van der Waals surface area contributed by atoms with Crippen LogP contribution < -0.4 is 4.90 Å². The van der Waals surface area contributed by atoms with Crippen molar-refractivity contribution in [1.82, 2.24) is 4.90 Å². The first-order chi connectivity index (χ1) is 10.1. The molecular formula is C18H25BrN2. The van der Waals surface area contributed by atoms with Gasteiger partial charge in [-0.3, -0.25) is 4.90 Å². The summed E-state index contributed by atoms with van der Waals surface area (Å²) in [6.45, 7) is 4.78. The summed E-state index contributed by atoms with van der Waals surface area (Å²) in [4.78, 5) is 4.74. The zero-order chi connectivity index (χ0) is 15.2. The van der Waals surface area contributed by atoms with Crippen molar-refractivity contribution in [2.45, 2.75) is 31.3 Å². The molecule has 0 aliphatic carbocycles. The van der Waals surface area contributed by atoms with Crippen LogP contribution in [0.4, 0.5) is 5.69 Å². The monoisotopic (exact) mass is 348 g/mol. The van der Waals surface area contributed by atoms with Crippen LogP contribution in [-0.4, -0.2) is 37.6 Å². The SMILES string of the molecule is C=CCC1CCC(/C=C/CN(C)c2ccccc2Br)N1C. The number of benzene rings is 1. The first kappa shape index (κ1) is 16.3. The van der Waals surface area contributed by atoms with E-state index in [1.807, 2.05) is 12.1 Å². The molecule has 0 radical (unpaired) electrons. The van der Waals surface area contributed by atoms with Gasteiger partial charge in [0, 0.05) is 30.1 Å². The molecule has 1 aromatic carbocycles. The van der Waals surface area contributed by atoms with Gasteiger partial charge >= 0.3 is 0 Å². The first-order valence-electron chi connectivity index (χ1n) is 7.58. The maximum Gasteiger partial charge on any atom is 0.0510 e. The van der Waals surface area contributed by atoms with Crippen molar-refractivity contribution in [3.63, 3.8) is 0 Å². The molecule has 2 unspecified atom stereocenters. The second-order valence-corrected chi connectivity index (χ2v) is 6.60. The number of rotatable bonds is 6. The lowest BCUT2D eigenvalue weighted by Crippen LogP contribution is -2.30. The molecule has 1 aliphatic heterocycles. The van der Waals surface area contributed by atoms with Gasteiger partial charge in [-0.25, -0.2) is 0 Å². The standard InChI is InChI=1S/C18H25BrN2/c1-4-8-15-12-13-16(21(15)3)9-7-14-20(2)18-11-6-5-10-17(18)19/h4-7,9-11,15-16H,1,8,12-14H2,2-3H3/b9-7+. The van der Waals surface area contributed by atoms with Gasteiger partial charge in [-0.05, 0) is 54.4 Å². The summed E-state index contributed by atoms with van der Waals surface area (Å²) in [6, 6.07) is 9.58. The number of anilines is 1. The largest absolute Gasteiger partial charge is 0.370 e. The lowest BCUT2D eigenvalue weighted by molar-refractivity contribution is 0.272. The van der Waals surface area contributed by atoms with Gasteiger partial charge in [0.05, 0.1) is 5.69 Å². The minimum absolute atomic E-state index is 0.572. The van der Waals surface area contributed by atoms with Crippen molar-refractivity contribution in [3.05, 3.63) is 53.5 Å². The highest BCUT2D eigenvalue weighted by atomic mass is 79.9. The van der Waals surface area contributed by atoms with E-state index in [0.29, 0.717) is 12.1 Å². The molecule has 1 saturated heterocycles. The van der Waals surface area contributed by atoms with Crippen molar-refractivity contribution in [3.8, 4) is 0 Å². The van der Waals surface area contributed by atoms with E-state index in [0.717, 1.165) is 17.4 Å². The van der Waals surface area contributed by atoms with Gasteiger partial charge in [0.1, 0.15) is 0 Å². The van der Waals surface area contributed by atoms with Crippen LogP contribution in [0.25, 0.3) is 0 Å². The summed E-state index contributed by atoms with van der Waals surface area (Å²) in [7, 11) is 4.36. The highest BCUT2D eigenvalue weighted by molar-refractivity contribution is 9.10. The predicted molar refractivity (Wildman–Crippen MR) is 95.9 cm³/mol. The summed E-state index contributed by atoms with van der Waals surface area (Å²) in [6.07, 6.45) is 10.3. The van der Waals surface area contributed by atoms with Crippen LogP contribution in [0.1, 0.15) is 19.3 Å². The van der Waals surface area contributed by atoms with E-state index in [2.05, 4.69) is 76.8 Å². The molecule has 0 saturated carbocycles.